The van der Waals surface area contributed by atoms with Gasteiger partial charge in [0.15, 0.2) is 0 Å². The van der Waals surface area contributed by atoms with Gasteiger partial charge in [-0.3, -0.25) is 0 Å². The monoisotopic (exact) mass is 300 g/mol. The van der Waals surface area contributed by atoms with Gasteiger partial charge in [-0.15, -0.1) is 0 Å². The van der Waals surface area contributed by atoms with E-state index in [-0.39, 0.29) is 12.1 Å². The molecule has 108 valence electrons. The van der Waals surface area contributed by atoms with E-state index in [2.05, 4.69) is 5.32 Å². The van der Waals surface area contributed by atoms with Crippen LogP contribution in [0.15, 0.2) is 54.6 Å². The molecule has 1 aliphatic rings. The van der Waals surface area contributed by atoms with Crippen molar-refractivity contribution in [2.24, 2.45) is 0 Å². The summed E-state index contributed by atoms with van der Waals surface area (Å²) in [7, 11) is 0. The first-order valence-electron chi connectivity index (χ1n) is 7.10. The molecule has 1 N–H and O–H groups in total. The van der Waals surface area contributed by atoms with Crippen LogP contribution in [-0.4, -0.2) is 24.0 Å². The maximum absolute atomic E-state index is 12.2. The molecular formula is C17H17ClN2O. The lowest BCUT2D eigenvalue weighted by atomic mass is 9.99. The van der Waals surface area contributed by atoms with Crippen LogP contribution in [0.2, 0.25) is 5.02 Å². The Balaban J connectivity index is 1.87. The van der Waals surface area contributed by atoms with E-state index < -0.39 is 0 Å². The highest BCUT2D eigenvalue weighted by Crippen LogP contribution is 2.24. The summed E-state index contributed by atoms with van der Waals surface area (Å²) in [6, 6.07) is 17.4. The molecule has 1 fully saturated rings. The van der Waals surface area contributed by atoms with Crippen LogP contribution in [0, 0.1) is 0 Å². The van der Waals surface area contributed by atoms with Crippen molar-refractivity contribution >= 4 is 17.6 Å². The third-order valence-corrected chi connectivity index (χ3v) is 4.00. The molecule has 1 heterocycles. The average molecular weight is 301 g/mol. The number of nitrogens with zero attached hydrogens (tertiary/aromatic N) is 1. The standard InChI is InChI=1S/C17H17ClN2O/c18-15-9-7-14(8-10-15)16(13-5-2-1-3-6-13)19-17(21)20-11-4-12-20/h1-3,5-10,16H,4,11-12H2,(H,19,21). The number of hydrogen-bond donors (Lipinski definition) is 1. The molecule has 0 spiro atoms. The maximum atomic E-state index is 12.2. The first-order chi connectivity index (χ1) is 10.2. The highest BCUT2D eigenvalue weighted by molar-refractivity contribution is 6.30. The fraction of sp³-hybridized carbons (Fsp3) is 0.235. The normalized spacial score (nSPS) is 15.2. The number of likely N-dealkylation sites (tertiary alicyclic amines) is 1. The minimum atomic E-state index is -0.156. The van der Waals surface area contributed by atoms with Gasteiger partial charge in [0, 0.05) is 18.1 Å². The summed E-state index contributed by atoms with van der Waals surface area (Å²) in [6.07, 6.45) is 1.09. The van der Waals surface area contributed by atoms with Gasteiger partial charge in [-0.05, 0) is 29.7 Å². The molecular weight excluding hydrogens is 284 g/mol. The van der Waals surface area contributed by atoms with Crippen LogP contribution in [0.5, 0.6) is 0 Å². The Kier molecular flexibility index (Phi) is 4.11. The van der Waals surface area contributed by atoms with Gasteiger partial charge in [0.25, 0.3) is 0 Å². The van der Waals surface area contributed by atoms with Gasteiger partial charge in [-0.2, -0.15) is 0 Å². The minimum absolute atomic E-state index is 0.00921. The summed E-state index contributed by atoms with van der Waals surface area (Å²) >= 11 is 5.95. The smallest absolute Gasteiger partial charge is 0.318 e. The van der Waals surface area contributed by atoms with E-state index in [4.69, 9.17) is 11.6 Å². The van der Waals surface area contributed by atoms with E-state index in [1.54, 1.807) is 0 Å². The number of halogens is 1. The van der Waals surface area contributed by atoms with Crippen molar-refractivity contribution in [1.29, 1.82) is 0 Å². The first kappa shape index (κ1) is 14.0. The van der Waals surface area contributed by atoms with Gasteiger partial charge in [-0.1, -0.05) is 54.1 Å². The van der Waals surface area contributed by atoms with E-state index in [1.807, 2.05) is 59.5 Å². The van der Waals surface area contributed by atoms with Crippen LogP contribution in [0.3, 0.4) is 0 Å². The molecule has 4 heteroatoms. The Morgan fingerprint density at radius 2 is 1.62 bits per heavy atom. The SMILES string of the molecule is O=C(NC(c1ccccc1)c1ccc(Cl)cc1)N1CCC1. The Labute approximate surface area is 129 Å². The molecule has 1 unspecified atom stereocenters. The van der Waals surface area contributed by atoms with Crippen molar-refractivity contribution < 1.29 is 4.79 Å². The zero-order chi connectivity index (χ0) is 14.7. The molecule has 0 bridgehead atoms. The molecule has 3 nitrogen and oxygen atoms in total. The minimum Gasteiger partial charge on any atom is -0.327 e. The molecule has 2 aromatic carbocycles. The molecule has 1 atom stereocenters. The van der Waals surface area contributed by atoms with Crippen molar-refractivity contribution in [3.63, 3.8) is 0 Å². The molecule has 3 rings (SSSR count). The third kappa shape index (κ3) is 3.19. The summed E-state index contributed by atoms with van der Waals surface area (Å²) in [5.41, 5.74) is 2.09. The highest BCUT2D eigenvalue weighted by atomic mass is 35.5. The Morgan fingerprint density at radius 3 is 2.19 bits per heavy atom. The molecule has 0 saturated carbocycles. The van der Waals surface area contributed by atoms with E-state index in [9.17, 15) is 4.79 Å². The van der Waals surface area contributed by atoms with Gasteiger partial charge in [0.2, 0.25) is 0 Å². The van der Waals surface area contributed by atoms with Crippen LogP contribution in [0.4, 0.5) is 4.79 Å². The molecule has 21 heavy (non-hydrogen) atoms. The lowest BCUT2D eigenvalue weighted by Gasteiger charge is -2.33. The molecule has 1 saturated heterocycles. The zero-order valence-electron chi connectivity index (χ0n) is 11.6. The Hall–Kier alpha value is -2.00. The van der Waals surface area contributed by atoms with Crippen LogP contribution < -0.4 is 5.32 Å². The Morgan fingerprint density at radius 1 is 1.00 bits per heavy atom. The van der Waals surface area contributed by atoms with E-state index in [0.29, 0.717) is 5.02 Å². The van der Waals surface area contributed by atoms with Crippen molar-refractivity contribution in [2.75, 3.05) is 13.1 Å². The lowest BCUT2D eigenvalue weighted by molar-refractivity contribution is 0.165. The quantitative estimate of drug-likeness (QED) is 0.917. The number of carbonyl (C=O) groups is 1. The van der Waals surface area contributed by atoms with E-state index in [0.717, 1.165) is 30.6 Å². The molecule has 0 radical (unpaired) electrons. The molecule has 2 aromatic rings. The lowest BCUT2D eigenvalue weighted by Crippen LogP contribution is -2.48. The summed E-state index contributed by atoms with van der Waals surface area (Å²) in [5, 5.41) is 3.81. The van der Waals surface area contributed by atoms with Crippen molar-refractivity contribution in [3.8, 4) is 0 Å². The number of urea groups is 1. The molecule has 0 aromatic heterocycles. The van der Waals surface area contributed by atoms with Gasteiger partial charge in [0.05, 0.1) is 6.04 Å². The summed E-state index contributed by atoms with van der Waals surface area (Å²) in [5.74, 6) is 0. The third-order valence-electron chi connectivity index (χ3n) is 3.75. The Bertz CT molecular complexity index is 608. The molecule has 0 aliphatic carbocycles. The molecule has 1 aliphatic heterocycles. The number of rotatable bonds is 3. The predicted molar refractivity (Wildman–Crippen MR) is 84.5 cm³/mol. The van der Waals surface area contributed by atoms with Crippen LogP contribution >= 0.6 is 11.6 Å². The van der Waals surface area contributed by atoms with E-state index in [1.165, 1.54) is 0 Å². The van der Waals surface area contributed by atoms with Gasteiger partial charge < -0.3 is 10.2 Å². The topological polar surface area (TPSA) is 32.3 Å². The second-order valence-corrected chi connectivity index (χ2v) is 5.62. The summed E-state index contributed by atoms with van der Waals surface area (Å²) in [6.45, 7) is 1.68. The van der Waals surface area contributed by atoms with Crippen LogP contribution in [-0.2, 0) is 0 Å². The van der Waals surface area contributed by atoms with Crippen molar-refractivity contribution in [3.05, 3.63) is 70.7 Å². The fourth-order valence-electron chi connectivity index (χ4n) is 2.39. The number of amides is 2. The van der Waals surface area contributed by atoms with Crippen LogP contribution in [0.25, 0.3) is 0 Å². The first-order valence-corrected chi connectivity index (χ1v) is 7.48. The number of carbonyl (C=O) groups excluding carboxylic acids is 1. The van der Waals surface area contributed by atoms with Gasteiger partial charge in [0.1, 0.15) is 0 Å². The largest absolute Gasteiger partial charge is 0.327 e. The number of hydrogen-bond acceptors (Lipinski definition) is 1. The second kappa shape index (κ2) is 6.19. The zero-order valence-corrected chi connectivity index (χ0v) is 12.4. The van der Waals surface area contributed by atoms with Gasteiger partial charge >= 0.3 is 6.03 Å². The number of nitrogens with one attached hydrogen (secondary N) is 1. The maximum Gasteiger partial charge on any atom is 0.318 e. The number of benzene rings is 2. The fourth-order valence-corrected chi connectivity index (χ4v) is 2.52. The summed E-state index contributed by atoms with van der Waals surface area (Å²) < 4.78 is 0. The molecule has 2 amide bonds. The van der Waals surface area contributed by atoms with Crippen molar-refractivity contribution in [1.82, 2.24) is 10.2 Å². The van der Waals surface area contributed by atoms with Crippen molar-refractivity contribution in [2.45, 2.75) is 12.5 Å². The average Bonchev–Trinajstić information content (AvgIpc) is 2.45. The predicted octanol–water partition coefficient (Wildman–Crippen LogP) is 3.84. The van der Waals surface area contributed by atoms with Gasteiger partial charge in [-0.25, -0.2) is 4.79 Å². The van der Waals surface area contributed by atoms with Crippen LogP contribution in [0.1, 0.15) is 23.6 Å². The summed E-state index contributed by atoms with van der Waals surface area (Å²) in [4.78, 5) is 14.1. The van der Waals surface area contributed by atoms with E-state index >= 15 is 0 Å². The highest BCUT2D eigenvalue weighted by Gasteiger charge is 2.24. The second-order valence-electron chi connectivity index (χ2n) is 5.19.